The highest BCUT2D eigenvalue weighted by Gasteiger charge is 2.24. The van der Waals surface area contributed by atoms with Crippen molar-refractivity contribution in [3.8, 4) is 10.4 Å². The van der Waals surface area contributed by atoms with Crippen LogP contribution >= 0.6 is 11.3 Å². The molecule has 5 nitrogen and oxygen atoms in total. The summed E-state index contributed by atoms with van der Waals surface area (Å²) >= 11 is 1.55. The lowest BCUT2D eigenvalue weighted by Gasteiger charge is -2.22. The van der Waals surface area contributed by atoms with E-state index in [1.807, 2.05) is 63.5 Å². The van der Waals surface area contributed by atoms with E-state index in [2.05, 4.69) is 34.1 Å². The van der Waals surface area contributed by atoms with Crippen LogP contribution < -0.4 is 4.90 Å². The van der Waals surface area contributed by atoms with Crippen molar-refractivity contribution in [1.29, 1.82) is 0 Å². The van der Waals surface area contributed by atoms with E-state index in [1.54, 1.807) is 22.5 Å². The average Bonchev–Trinajstić information content (AvgIpc) is 3.43. The highest BCUT2D eigenvalue weighted by molar-refractivity contribution is 7.15. The lowest BCUT2D eigenvalue weighted by atomic mass is 10.1. The fraction of sp³-hybridized carbons (Fsp3) is 0.200. The summed E-state index contributed by atoms with van der Waals surface area (Å²) in [5.41, 5.74) is 3.67. The van der Waals surface area contributed by atoms with Gasteiger partial charge in [-0.2, -0.15) is 0 Å². The van der Waals surface area contributed by atoms with Crippen molar-refractivity contribution in [1.82, 2.24) is 9.88 Å². The van der Waals surface area contributed by atoms with Gasteiger partial charge in [0.2, 0.25) is 0 Å². The Hall–Kier alpha value is -3.38. The normalized spacial score (nSPS) is 10.8. The van der Waals surface area contributed by atoms with Gasteiger partial charge in [-0.3, -0.25) is 4.79 Å². The third kappa shape index (κ3) is 4.86. The molecule has 2 heterocycles. The first-order valence-corrected chi connectivity index (χ1v) is 10.9. The minimum absolute atomic E-state index is 0.101. The SMILES string of the molecule is Cc1nc(C(=O)N(Cc2ccc(N(C)C)cc2)Cc2ccco2)c(-c2ccccc2)s1. The number of benzene rings is 2. The van der Waals surface area contributed by atoms with Gasteiger partial charge in [0, 0.05) is 26.3 Å². The number of aryl methyl sites for hydroxylation is 1. The van der Waals surface area contributed by atoms with E-state index in [4.69, 9.17) is 4.42 Å². The molecule has 0 fully saturated rings. The Morgan fingerprint density at radius 1 is 0.968 bits per heavy atom. The Kier molecular flexibility index (Phi) is 6.18. The van der Waals surface area contributed by atoms with Gasteiger partial charge in [0.05, 0.1) is 22.7 Å². The standard InChI is InChI=1S/C25H25N3O2S/c1-18-26-23(24(31-18)20-8-5-4-6-9-20)25(29)28(17-22-10-7-15-30-22)16-19-11-13-21(14-12-19)27(2)3/h4-15H,16-17H2,1-3H3. The number of hydrogen-bond acceptors (Lipinski definition) is 5. The van der Waals surface area contributed by atoms with Crippen LogP contribution in [0.15, 0.2) is 77.4 Å². The van der Waals surface area contributed by atoms with E-state index in [0.29, 0.717) is 18.8 Å². The number of furan rings is 1. The summed E-state index contributed by atoms with van der Waals surface area (Å²) in [6, 6.07) is 21.9. The van der Waals surface area contributed by atoms with Gasteiger partial charge in [0.15, 0.2) is 0 Å². The smallest absolute Gasteiger partial charge is 0.274 e. The number of carbonyl (C=O) groups excluding carboxylic acids is 1. The molecule has 0 bridgehead atoms. The lowest BCUT2D eigenvalue weighted by Crippen LogP contribution is -2.30. The Labute approximate surface area is 186 Å². The van der Waals surface area contributed by atoms with Crippen LogP contribution in [0.3, 0.4) is 0 Å². The van der Waals surface area contributed by atoms with Gasteiger partial charge < -0.3 is 14.2 Å². The van der Waals surface area contributed by atoms with Crippen molar-refractivity contribution in [3.05, 3.63) is 95.0 Å². The number of rotatable bonds is 7. The predicted octanol–water partition coefficient (Wildman–Crippen LogP) is 5.62. The Bertz CT molecular complexity index is 1130. The van der Waals surface area contributed by atoms with Crippen LogP contribution in [0.2, 0.25) is 0 Å². The van der Waals surface area contributed by atoms with Gasteiger partial charge >= 0.3 is 0 Å². The minimum atomic E-state index is -0.101. The van der Waals surface area contributed by atoms with Gasteiger partial charge in [-0.15, -0.1) is 11.3 Å². The molecule has 4 rings (SSSR count). The number of thiazole rings is 1. The molecule has 0 saturated carbocycles. The molecule has 31 heavy (non-hydrogen) atoms. The third-order valence-corrected chi connectivity index (χ3v) is 6.03. The molecular formula is C25H25N3O2S. The molecule has 0 spiro atoms. The van der Waals surface area contributed by atoms with Crippen LogP contribution in [0.1, 0.15) is 26.8 Å². The molecule has 0 N–H and O–H groups in total. The fourth-order valence-electron chi connectivity index (χ4n) is 3.42. The van der Waals surface area contributed by atoms with Gasteiger partial charge in [-0.1, -0.05) is 42.5 Å². The highest BCUT2D eigenvalue weighted by atomic mass is 32.1. The maximum atomic E-state index is 13.7. The molecule has 0 unspecified atom stereocenters. The van der Waals surface area contributed by atoms with Gasteiger partial charge in [-0.05, 0) is 42.3 Å². The second-order valence-electron chi connectivity index (χ2n) is 7.58. The van der Waals surface area contributed by atoms with E-state index in [9.17, 15) is 4.79 Å². The largest absolute Gasteiger partial charge is 0.467 e. The van der Waals surface area contributed by atoms with E-state index < -0.39 is 0 Å². The summed E-state index contributed by atoms with van der Waals surface area (Å²) < 4.78 is 5.54. The zero-order chi connectivity index (χ0) is 21.8. The lowest BCUT2D eigenvalue weighted by molar-refractivity contribution is 0.0713. The van der Waals surface area contributed by atoms with Crippen LogP contribution in [0.25, 0.3) is 10.4 Å². The topological polar surface area (TPSA) is 49.6 Å². The molecule has 158 valence electrons. The molecule has 0 aliphatic carbocycles. The van der Waals surface area contributed by atoms with E-state index in [1.165, 1.54) is 0 Å². The summed E-state index contributed by atoms with van der Waals surface area (Å²) in [6.45, 7) is 2.79. The number of nitrogens with zero attached hydrogens (tertiary/aromatic N) is 3. The summed E-state index contributed by atoms with van der Waals surface area (Å²) in [6.07, 6.45) is 1.63. The summed E-state index contributed by atoms with van der Waals surface area (Å²) in [7, 11) is 4.02. The molecule has 2 aromatic carbocycles. The number of anilines is 1. The average molecular weight is 432 g/mol. The van der Waals surface area contributed by atoms with Crippen LogP contribution in [-0.2, 0) is 13.1 Å². The molecule has 6 heteroatoms. The molecule has 4 aromatic rings. The van der Waals surface area contributed by atoms with E-state index in [-0.39, 0.29) is 5.91 Å². The van der Waals surface area contributed by atoms with E-state index in [0.717, 1.165) is 32.5 Å². The molecule has 1 amide bonds. The van der Waals surface area contributed by atoms with Crippen molar-refractivity contribution < 1.29 is 9.21 Å². The molecule has 0 aliphatic rings. The zero-order valence-electron chi connectivity index (χ0n) is 17.9. The van der Waals surface area contributed by atoms with Crippen molar-refractivity contribution in [2.45, 2.75) is 20.0 Å². The first-order valence-electron chi connectivity index (χ1n) is 10.1. The monoisotopic (exact) mass is 431 g/mol. The summed E-state index contributed by atoms with van der Waals surface area (Å²) in [5.74, 6) is 0.641. The van der Waals surface area contributed by atoms with Crippen LogP contribution in [0, 0.1) is 6.92 Å². The molecule has 2 aromatic heterocycles. The number of amides is 1. The quantitative estimate of drug-likeness (QED) is 0.381. The van der Waals surface area contributed by atoms with Crippen LogP contribution in [0.4, 0.5) is 5.69 Å². The third-order valence-electron chi connectivity index (χ3n) is 5.01. The first kappa shape index (κ1) is 20.9. The summed E-state index contributed by atoms with van der Waals surface area (Å²) in [5, 5.41) is 0.871. The Balaban J connectivity index is 1.66. The van der Waals surface area contributed by atoms with Gasteiger partial charge in [0.1, 0.15) is 11.5 Å². The number of hydrogen-bond donors (Lipinski definition) is 0. The fourth-order valence-corrected chi connectivity index (χ4v) is 4.33. The maximum absolute atomic E-state index is 13.7. The first-order chi connectivity index (χ1) is 15.0. The molecule has 0 radical (unpaired) electrons. The molecular weight excluding hydrogens is 406 g/mol. The molecule has 0 aliphatic heterocycles. The Morgan fingerprint density at radius 3 is 2.35 bits per heavy atom. The second-order valence-corrected chi connectivity index (χ2v) is 8.78. The van der Waals surface area contributed by atoms with Crippen LogP contribution in [0.5, 0.6) is 0 Å². The van der Waals surface area contributed by atoms with Gasteiger partial charge in [-0.25, -0.2) is 4.98 Å². The van der Waals surface area contributed by atoms with Crippen molar-refractivity contribution >= 4 is 22.9 Å². The van der Waals surface area contributed by atoms with Crippen molar-refractivity contribution in [2.24, 2.45) is 0 Å². The molecule has 0 saturated heterocycles. The molecule has 0 atom stereocenters. The highest BCUT2D eigenvalue weighted by Crippen LogP contribution is 2.31. The van der Waals surface area contributed by atoms with E-state index >= 15 is 0 Å². The second kappa shape index (κ2) is 9.18. The van der Waals surface area contributed by atoms with Crippen LogP contribution in [-0.4, -0.2) is 29.9 Å². The Morgan fingerprint density at radius 2 is 1.71 bits per heavy atom. The predicted molar refractivity (Wildman–Crippen MR) is 125 cm³/mol. The zero-order valence-corrected chi connectivity index (χ0v) is 18.7. The maximum Gasteiger partial charge on any atom is 0.274 e. The minimum Gasteiger partial charge on any atom is -0.467 e. The number of carbonyl (C=O) groups is 1. The summed E-state index contributed by atoms with van der Waals surface area (Å²) in [4.78, 5) is 23.0. The van der Waals surface area contributed by atoms with Crippen molar-refractivity contribution in [3.63, 3.8) is 0 Å². The number of aromatic nitrogens is 1. The van der Waals surface area contributed by atoms with Gasteiger partial charge in [0.25, 0.3) is 5.91 Å². The van der Waals surface area contributed by atoms with Crippen molar-refractivity contribution in [2.75, 3.05) is 19.0 Å².